The number of fused-ring (bicyclic) bond motifs is 3. The van der Waals surface area contributed by atoms with Gasteiger partial charge in [0.05, 0.1) is 5.30 Å². The predicted molar refractivity (Wildman–Crippen MR) is 151 cm³/mol. The van der Waals surface area contributed by atoms with Gasteiger partial charge in [0.15, 0.2) is 5.78 Å². The molecule has 5 aromatic carbocycles. The molecular weight excluding hydrogens is 515 g/mol. The van der Waals surface area contributed by atoms with E-state index in [-0.39, 0.29) is 17.0 Å². The fourth-order valence-electron chi connectivity index (χ4n) is 5.29. The first-order valence-corrected chi connectivity index (χ1v) is 14.1. The van der Waals surface area contributed by atoms with Gasteiger partial charge in [0, 0.05) is 22.1 Å². The molecule has 38 heavy (non-hydrogen) atoms. The van der Waals surface area contributed by atoms with Crippen molar-refractivity contribution in [1.29, 1.82) is 0 Å². The molecule has 1 aliphatic carbocycles. The first-order chi connectivity index (χ1) is 18.3. The quantitative estimate of drug-likeness (QED) is 0.180. The Morgan fingerprint density at radius 2 is 1.24 bits per heavy atom. The maximum atomic E-state index is 13.0. The maximum Gasteiger partial charge on any atom is 0.356 e. The molecule has 6 heteroatoms. The Kier molecular flexibility index (Phi) is 6.14. The molecule has 0 saturated carbocycles. The lowest BCUT2D eigenvalue weighted by Crippen LogP contribution is -2.06. The Labute approximate surface area is 225 Å². The van der Waals surface area contributed by atoms with Gasteiger partial charge >= 0.3 is 7.60 Å². The van der Waals surface area contributed by atoms with Gasteiger partial charge in [0.1, 0.15) is 0 Å². The van der Waals surface area contributed by atoms with Crippen LogP contribution in [0.4, 0.5) is 0 Å². The highest BCUT2D eigenvalue weighted by atomic mass is 35.5. The van der Waals surface area contributed by atoms with E-state index in [1.54, 1.807) is 36.4 Å². The summed E-state index contributed by atoms with van der Waals surface area (Å²) in [6, 6.07) is 35.6. The number of ketones is 1. The fraction of sp³-hybridized carbons (Fsp3) is 0.0312. The first-order valence-electron chi connectivity index (χ1n) is 12.1. The van der Waals surface area contributed by atoms with E-state index in [4.69, 9.17) is 11.6 Å². The number of carbonyl (C=O) groups excluding carboxylic acids is 1. The molecule has 0 heterocycles. The van der Waals surface area contributed by atoms with Crippen LogP contribution < -0.4 is 5.30 Å². The third-order valence-corrected chi connectivity index (χ3v) is 8.31. The van der Waals surface area contributed by atoms with E-state index in [1.807, 2.05) is 42.5 Å². The van der Waals surface area contributed by atoms with Crippen LogP contribution in [0.1, 0.15) is 38.5 Å². The molecule has 0 fully saturated rings. The van der Waals surface area contributed by atoms with E-state index in [2.05, 4.69) is 24.3 Å². The highest BCUT2D eigenvalue weighted by Crippen LogP contribution is 2.51. The van der Waals surface area contributed by atoms with Crippen LogP contribution in [0.2, 0.25) is 5.02 Å². The standard InChI is InChI=1S/C32H22ClO4P/c33-24-16-12-23(13-17-24)32(34)22-10-8-20(9-11-22)26-6-3-7-29-27-4-1-2-5-28(27)30(31(26)29)21-14-18-25(19-15-21)38(35,36)37/h1-19,30H,(H2,35,36,37)/t30-/m0/s1. The summed E-state index contributed by atoms with van der Waals surface area (Å²) < 4.78 is 11.7. The van der Waals surface area contributed by atoms with Crippen molar-refractivity contribution >= 4 is 30.3 Å². The van der Waals surface area contributed by atoms with E-state index in [1.165, 1.54) is 12.1 Å². The average Bonchev–Trinajstić information content (AvgIpc) is 3.27. The van der Waals surface area contributed by atoms with Crippen molar-refractivity contribution in [1.82, 2.24) is 0 Å². The second-order valence-corrected chi connectivity index (χ2v) is 11.4. The van der Waals surface area contributed by atoms with Crippen molar-refractivity contribution in [2.75, 3.05) is 0 Å². The van der Waals surface area contributed by atoms with E-state index in [0.29, 0.717) is 16.1 Å². The van der Waals surface area contributed by atoms with Crippen molar-refractivity contribution in [3.63, 3.8) is 0 Å². The molecule has 0 spiro atoms. The third kappa shape index (κ3) is 4.32. The van der Waals surface area contributed by atoms with Crippen molar-refractivity contribution in [2.24, 2.45) is 0 Å². The normalized spacial score (nSPS) is 14.1. The van der Waals surface area contributed by atoms with Crippen molar-refractivity contribution in [3.8, 4) is 22.3 Å². The Balaban J connectivity index is 1.43. The lowest BCUT2D eigenvalue weighted by Gasteiger charge is -2.19. The number of benzene rings is 5. The first kappa shape index (κ1) is 24.5. The van der Waals surface area contributed by atoms with Gasteiger partial charge in [-0.2, -0.15) is 0 Å². The van der Waals surface area contributed by atoms with Gasteiger partial charge in [-0.3, -0.25) is 9.36 Å². The van der Waals surface area contributed by atoms with E-state index < -0.39 is 7.60 Å². The summed E-state index contributed by atoms with van der Waals surface area (Å²) in [6.07, 6.45) is 0. The van der Waals surface area contributed by atoms with E-state index in [9.17, 15) is 19.1 Å². The van der Waals surface area contributed by atoms with Crippen LogP contribution in [-0.4, -0.2) is 15.6 Å². The minimum absolute atomic E-state index is 0.00184. The van der Waals surface area contributed by atoms with Crippen LogP contribution in [0.25, 0.3) is 22.3 Å². The predicted octanol–water partition coefficient (Wildman–Crippen LogP) is 7.20. The smallest absolute Gasteiger partial charge is 0.321 e. The summed E-state index contributed by atoms with van der Waals surface area (Å²) in [5.41, 5.74) is 8.71. The molecule has 0 saturated heterocycles. The van der Waals surface area contributed by atoms with Crippen LogP contribution in [0.5, 0.6) is 0 Å². The molecule has 0 bridgehead atoms. The minimum Gasteiger partial charge on any atom is -0.321 e. The number of carbonyl (C=O) groups is 1. The molecule has 2 N–H and O–H groups in total. The lowest BCUT2D eigenvalue weighted by atomic mass is 9.85. The minimum atomic E-state index is -4.33. The number of halogens is 1. The molecule has 186 valence electrons. The van der Waals surface area contributed by atoms with Gasteiger partial charge in [0.25, 0.3) is 0 Å². The summed E-state index contributed by atoms with van der Waals surface area (Å²) in [4.78, 5) is 32.1. The molecule has 0 amide bonds. The summed E-state index contributed by atoms with van der Waals surface area (Å²) in [7, 11) is -4.33. The van der Waals surface area contributed by atoms with Crippen LogP contribution in [0.3, 0.4) is 0 Å². The molecular formula is C32H22ClO4P. The van der Waals surface area contributed by atoms with Gasteiger partial charge in [-0.05, 0) is 75.3 Å². The summed E-state index contributed by atoms with van der Waals surface area (Å²) >= 11 is 5.97. The highest BCUT2D eigenvalue weighted by molar-refractivity contribution is 7.60. The Morgan fingerprint density at radius 3 is 1.89 bits per heavy atom. The monoisotopic (exact) mass is 536 g/mol. The summed E-state index contributed by atoms with van der Waals surface area (Å²) in [5, 5.41) is 0.587. The fourth-order valence-corrected chi connectivity index (χ4v) is 5.95. The van der Waals surface area contributed by atoms with Gasteiger partial charge < -0.3 is 9.79 Å². The summed E-state index contributed by atoms with van der Waals surface area (Å²) in [6.45, 7) is 0. The van der Waals surface area contributed by atoms with Crippen molar-refractivity contribution in [2.45, 2.75) is 5.92 Å². The molecule has 1 atom stereocenters. The molecule has 0 unspecified atom stereocenters. The zero-order valence-electron chi connectivity index (χ0n) is 20.1. The zero-order chi connectivity index (χ0) is 26.4. The molecule has 0 radical (unpaired) electrons. The topological polar surface area (TPSA) is 74.6 Å². The average molecular weight is 537 g/mol. The Bertz CT molecular complexity index is 1720. The van der Waals surface area contributed by atoms with Crippen LogP contribution >= 0.6 is 19.2 Å². The molecule has 1 aliphatic rings. The third-order valence-electron chi connectivity index (χ3n) is 7.08. The maximum absolute atomic E-state index is 13.0. The number of rotatable bonds is 5. The van der Waals surface area contributed by atoms with Gasteiger partial charge in [-0.15, -0.1) is 0 Å². The van der Waals surface area contributed by atoms with Gasteiger partial charge in [0.2, 0.25) is 0 Å². The molecule has 4 nitrogen and oxygen atoms in total. The van der Waals surface area contributed by atoms with E-state index >= 15 is 0 Å². The second-order valence-electron chi connectivity index (χ2n) is 9.34. The number of hydrogen-bond donors (Lipinski definition) is 2. The second kappa shape index (κ2) is 9.50. The van der Waals surface area contributed by atoms with Crippen LogP contribution in [0.15, 0.2) is 115 Å². The number of hydrogen-bond acceptors (Lipinski definition) is 2. The molecule has 0 aliphatic heterocycles. The van der Waals surface area contributed by atoms with Gasteiger partial charge in [-0.25, -0.2) is 0 Å². The SMILES string of the molecule is O=C(c1ccc(Cl)cc1)c1ccc(-c2cccc3c2[C@@H](c2ccc(P(=O)(O)O)cc2)c2ccccc2-3)cc1. The lowest BCUT2D eigenvalue weighted by molar-refractivity contribution is 0.103. The van der Waals surface area contributed by atoms with Crippen LogP contribution in [0, 0.1) is 0 Å². The summed E-state index contributed by atoms with van der Waals surface area (Å²) in [5.74, 6) is -0.166. The highest BCUT2D eigenvalue weighted by Gasteiger charge is 2.32. The van der Waals surface area contributed by atoms with E-state index in [0.717, 1.165) is 38.9 Å². The zero-order valence-corrected chi connectivity index (χ0v) is 21.7. The Morgan fingerprint density at radius 1 is 0.658 bits per heavy atom. The molecule has 6 rings (SSSR count). The Hall–Kier alpha value is -3.79. The van der Waals surface area contributed by atoms with Gasteiger partial charge in [-0.1, -0.05) is 90.5 Å². The molecule has 5 aromatic rings. The van der Waals surface area contributed by atoms with Crippen molar-refractivity contribution < 1.29 is 19.1 Å². The van der Waals surface area contributed by atoms with Crippen molar-refractivity contribution in [3.05, 3.63) is 148 Å². The molecule has 0 aromatic heterocycles. The largest absolute Gasteiger partial charge is 0.356 e. The van der Waals surface area contributed by atoms with Crippen LogP contribution in [-0.2, 0) is 4.57 Å².